The molecule has 3 amide bonds. The van der Waals surface area contributed by atoms with E-state index >= 15 is 0 Å². The Labute approximate surface area is 149 Å². The molecule has 0 saturated heterocycles. The van der Waals surface area contributed by atoms with Gasteiger partial charge in [-0.25, -0.2) is 4.79 Å². The Hall–Kier alpha value is -2.28. The number of nitrogens with one attached hydrogen (secondary N) is 3. The number of imide groups is 1. The zero-order valence-electron chi connectivity index (χ0n) is 15.8. The summed E-state index contributed by atoms with van der Waals surface area (Å²) in [5, 5.41) is 8.15. The number of urea groups is 1. The molecule has 1 rings (SSSR count). The molecule has 7 nitrogen and oxygen atoms in total. The molecule has 0 heterocycles. The fraction of sp³-hybridized carbons (Fsp3) is 0.556. The Kier molecular flexibility index (Phi) is 8.21. The van der Waals surface area contributed by atoms with Crippen LogP contribution < -0.4 is 25.4 Å². The lowest BCUT2D eigenvalue weighted by Crippen LogP contribution is -2.49. The Morgan fingerprint density at radius 3 is 2.24 bits per heavy atom. The van der Waals surface area contributed by atoms with Gasteiger partial charge in [0.25, 0.3) is 0 Å². The third-order valence-corrected chi connectivity index (χ3v) is 3.71. The lowest BCUT2D eigenvalue weighted by molar-refractivity contribution is -0.121. The SMILES string of the molecule is COc1ccc([C@@H](C)N[C@H](C)C(=O)NC(=O)NCC(C)C)cc1OC. The monoisotopic (exact) mass is 351 g/mol. The molecule has 25 heavy (non-hydrogen) atoms. The van der Waals surface area contributed by atoms with E-state index in [0.717, 1.165) is 5.56 Å². The van der Waals surface area contributed by atoms with Crippen LogP contribution >= 0.6 is 0 Å². The van der Waals surface area contributed by atoms with Crippen LogP contribution in [0.15, 0.2) is 18.2 Å². The molecular formula is C18H29N3O4. The molecule has 3 N–H and O–H groups in total. The number of carbonyl (C=O) groups is 2. The van der Waals surface area contributed by atoms with Gasteiger partial charge in [0, 0.05) is 12.6 Å². The van der Waals surface area contributed by atoms with Crippen LogP contribution in [0.3, 0.4) is 0 Å². The summed E-state index contributed by atoms with van der Waals surface area (Å²) in [7, 11) is 3.15. The van der Waals surface area contributed by atoms with Gasteiger partial charge in [-0.05, 0) is 37.5 Å². The zero-order valence-corrected chi connectivity index (χ0v) is 15.8. The summed E-state index contributed by atoms with van der Waals surface area (Å²) < 4.78 is 10.5. The molecule has 0 bridgehead atoms. The van der Waals surface area contributed by atoms with E-state index in [-0.39, 0.29) is 11.9 Å². The van der Waals surface area contributed by atoms with Gasteiger partial charge in [0.15, 0.2) is 11.5 Å². The van der Waals surface area contributed by atoms with Gasteiger partial charge in [-0.15, -0.1) is 0 Å². The summed E-state index contributed by atoms with van der Waals surface area (Å²) in [6, 6.07) is 4.45. The Morgan fingerprint density at radius 1 is 1.04 bits per heavy atom. The average Bonchev–Trinajstić information content (AvgIpc) is 2.58. The van der Waals surface area contributed by atoms with E-state index in [9.17, 15) is 9.59 Å². The number of hydrogen-bond acceptors (Lipinski definition) is 5. The molecule has 0 aliphatic rings. The van der Waals surface area contributed by atoms with Gasteiger partial charge in [0.05, 0.1) is 20.3 Å². The number of benzene rings is 1. The molecule has 0 aliphatic heterocycles. The van der Waals surface area contributed by atoms with Crippen LogP contribution in [0.5, 0.6) is 11.5 Å². The smallest absolute Gasteiger partial charge is 0.321 e. The second-order valence-electron chi connectivity index (χ2n) is 6.32. The number of carbonyl (C=O) groups excluding carboxylic acids is 2. The van der Waals surface area contributed by atoms with E-state index in [2.05, 4.69) is 16.0 Å². The van der Waals surface area contributed by atoms with E-state index in [4.69, 9.17) is 9.47 Å². The van der Waals surface area contributed by atoms with Gasteiger partial charge >= 0.3 is 6.03 Å². The Bertz CT molecular complexity index is 590. The molecule has 0 unspecified atom stereocenters. The van der Waals surface area contributed by atoms with Crippen molar-refractivity contribution in [2.45, 2.75) is 39.8 Å². The second kappa shape index (κ2) is 9.88. The van der Waals surface area contributed by atoms with Crippen LogP contribution in [-0.4, -0.2) is 38.7 Å². The third-order valence-electron chi connectivity index (χ3n) is 3.71. The minimum absolute atomic E-state index is 0.112. The molecule has 0 aromatic heterocycles. The van der Waals surface area contributed by atoms with Gasteiger partial charge < -0.3 is 14.8 Å². The van der Waals surface area contributed by atoms with E-state index in [1.807, 2.05) is 39.0 Å². The van der Waals surface area contributed by atoms with Crippen molar-refractivity contribution in [3.8, 4) is 11.5 Å². The van der Waals surface area contributed by atoms with Crippen molar-refractivity contribution in [2.24, 2.45) is 5.92 Å². The molecule has 1 aromatic carbocycles. The molecule has 1 aromatic rings. The molecule has 140 valence electrons. The topological polar surface area (TPSA) is 88.7 Å². The fourth-order valence-electron chi connectivity index (χ4n) is 2.23. The third kappa shape index (κ3) is 6.62. The normalized spacial score (nSPS) is 13.1. The highest BCUT2D eigenvalue weighted by Crippen LogP contribution is 2.29. The van der Waals surface area contributed by atoms with E-state index in [1.54, 1.807) is 21.1 Å². The molecule has 2 atom stereocenters. The molecule has 0 aliphatic carbocycles. The number of amides is 3. The lowest BCUT2D eigenvalue weighted by atomic mass is 10.1. The Balaban J connectivity index is 2.62. The summed E-state index contributed by atoms with van der Waals surface area (Å²) in [6.07, 6.45) is 0. The molecule has 7 heteroatoms. The highest BCUT2D eigenvalue weighted by molar-refractivity contribution is 5.96. The minimum Gasteiger partial charge on any atom is -0.493 e. The second-order valence-corrected chi connectivity index (χ2v) is 6.32. The number of methoxy groups -OCH3 is 2. The molecule has 0 radical (unpaired) electrons. The summed E-state index contributed by atoms with van der Waals surface area (Å²) in [5.41, 5.74) is 0.946. The molecular weight excluding hydrogens is 322 g/mol. The fourth-order valence-corrected chi connectivity index (χ4v) is 2.23. The van der Waals surface area contributed by atoms with Crippen LogP contribution in [-0.2, 0) is 4.79 Å². The summed E-state index contributed by atoms with van der Waals surface area (Å²) in [4.78, 5) is 23.8. The predicted octanol–water partition coefficient (Wildman–Crippen LogP) is 2.22. The van der Waals surface area contributed by atoms with Crippen LogP contribution in [0, 0.1) is 5.92 Å². The highest BCUT2D eigenvalue weighted by atomic mass is 16.5. The molecule has 0 spiro atoms. The van der Waals surface area contributed by atoms with Crippen LogP contribution in [0.4, 0.5) is 4.79 Å². The number of rotatable bonds is 8. The first kappa shape index (κ1) is 20.8. The van der Waals surface area contributed by atoms with Gasteiger partial charge in [0.2, 0.25) is 5.91 Å². The average molecular weight is 351 g/mol. The summed E-state index contributed by atoms with van der Waals surface area (Å²) in [5.74, 6) is 1.21. The van der Waals surface area contributed by atoms with Gasteiger partial charge in [-0.2, -0.15) is 0 Å². The van der Waals surface area contributed by atoms with Crippen LogP contribution in [0.25, 0.3) is 0 Å². The molecule has 0 fully saturated rings. The first-order valence-corrected chi connectivity index (χ1v) is 8.35. The van der Waals surface area contributed by atoms with Gasteiger partial charge in [-0.3, -0.25) is 15.4 Å². The van der Waals surface area contributed by atoms with Crippen molar-refractivity contribution >= 4 is 11.9 Å². The lowest BCUT2D eigenvalue weighted by Gasteiger charge is -2.21. The number of ether oxygens (including phenoxy) is 2. The van der Waals surface area contributed by atoms with E-state index in [1.165, 1.54) is 0 Å². The van der Waals surface area contributed by atoms with E-state index in [0.29, 0.717) is 24.0 Å². The summed E-state index contributed by atoms with van der Waals surface area (Å²) in [6.45, 7) is 8.13. The van der Waals surface area contributed by atoms with Crippen molar-refractivity contribution < 1.29 is 19.1 Å². The largest absolute Gasteiger partial charge is 0.493 e. The van der Waals surface area contributed by atoms with Crippen molar-refractivity contribution in [3.05, 3.63) is 23.8 Å². The van der Waals surface area contributed by atoms with Crippen molar-refractivity contribution in [3.63, 3.8) is 0 Å². The quantitative estimate of drug-likeness (QED) is 0.668. The first-order chi connectivity index (χ1) is 11.8. The summed E-state index contributed by atoms with van der Waals surface area (Å²) >= 11 is 0. The van der Waals surface area contributed by atoms with Crippen LogP contribution in [0.1, 0.15) is 39.3 Å². The van der Waals surface area contributed by atoms with Crippen LogP contribution in [0.2, 0.25) is 0 Å². The predicted molar refractivity (Wildman–Crippen MR) is 96.9 cm³/mol. The van der Waals surface area contributed by atoms with E-state index < -0.39 is 12.1 Å². The molecule has 0 saturated carbocycles. The van der Waals surface area contributed by atoms with Crippen molar-refractivity contribution in [1.29, 1.82) is 0 Å². The first-order valence-electron chi connectivity index (χ1n) is 8.35. The zero-order chi connectivity index (χ0) is 19.0. The highest BCUT2D eigenvalue weighted by Gasteiger charge is 2.19. The Morgan fingerprint density at radius 2 is 1.68 bits per heavy atom. The van der Waals surface area contributed by atoms with Crippen molar-refractivity contribution in [1.82, 2.24) is 16.0 Å². The van der Waals surface area contributed by atoms with Gasteiger partial charge in [0.1, 0.15) is 0 Å². The number of hydrogen-bond donors (Lipinski definition) is 3. The minimum atomic E-state index is -0.534. The maximum atomic E-state index is 12.1. The van der Waals surface area contributed by atoms with Crippen molar-refractivity contribution in [2.75, 3.05) is 20.8 Å². The van der Waals surface area contributed by atoms with Gasteiger partial charge in [-0.1, -0.05) is 19.9 Å². The maximum absolute atomic E-state index is 12.1. The standard InChI is InChI=1S/C18H29N3O4/c1-11(2)10-19-18(23)21-17(22)13(4)20-12(3)14-7-8-15(24-5)16(9-14)25-6/h7-9,11-13,20H,10H2,1-6H3,(H2,19,21,22,23)/t12-,13-/m1/s1. The maximum Gasteiger partial charge on any atom is 0.321 e.